The Balaban J connectivity index is 1.34. The molecular formula is C25H26N4O5S. The van der Waals surface area contributed by atoms with Gasteiger partial charge in [0, 0.05) is 35.7 Å². The zero-order chi connectivity index (χ0) is 25.0. The van der Waals surface area contributed by atoms with Gasteiger partial charge in [-0.15, -0.1) is 0 Å². The number of carbonyl (C=O) groups excluding carboxylic acids is 2. The van der Waals surface area contributed by atoms with Gasteiger partial charge < -0.3 is 14.6 Å². The number of nitrogens with zero attached hydrogens (tertiary/aromatic N) is 2. The summed E-state index contributed by atoms with van der Waals surface area (Å²) in [6, 6.07) is 16.8. The fourth-order valence-corrected chi connectivity index (χ4v) is 4.95. The Bertz CT molecular complexity index is 1370. The number of amides is 1. The third kappa shape index (κ3) is 5.78. The molecule has 2 heterocycles. The minimum Gasteiger partial charge on any atom is -0.452 e. The molecule has 0 bridgehead atoms. The van der Waals surface area contributed by atoms with Gasteiger partial charge in [0.05, 0.1) is 10.5 Å². The van der Waals surface area contributed by atoms with Crippen LogP contribution in [-0.2, 0) is 19.6 Å². The third-order valence-corrected chi connectivity index (χ3v) is 6.90. The Morgan fingerprint density at radius 2 is 1.74 bits per heavy atom. The lowest BCUT2D eigenvalue weighted by atomic mass is 10.2. The summed E-state index contributed by atoms with van der Waals surface area (Å²) in [7, 11) is -3.81. The van der Waals surface area contributed by atoms with E-state index in [1.807, 2.05) is 38.1 Å². The summed E-state index contributed by atoms with van der Waals surface area (Å²) < 4.78 is 34.8. The van der Waals surface area contributed by atoms with Crippen molar-refractivity contribution >= 4 is 33.4 Å². The van der Waals surface area contributed by atoms with E-state index in [4.69, 9.17) is 4.74 Å². The highest BCUT2D eigenvalue weighted by Crippen LogP contribution is 2.18. The largest absolute Gasteiger partial charge is 0.452 e. The first-order valence-electron chi connectivity index (χ1n) is 11.1. The standard InChI is InChI=1S/C25H26N4O5S/c1-17-8-9-18(2)29(17)21-12-10-19(11-13-21)25(31)34-16-24(30)27-20-5-3-6-22(15-20)35(32,33)28-23-7-4-14-26-23/h3,5-6,8-13,15H,4,7,14,16H2,1-2H3,(H,26,28)(H,27,30). The van der Waals surface area contributed by atoms with E-state index in [-0.39, 0.29) is 10.6 Å². The van der Waals surface area contributed by atoms with E-state index in [1.165, 1.54) is 18.2 Å². The second-order valence-electron chi connectivity index (χ2n) is 8.19. The quantitative estimate of drug-likeness (QED) is 0.488. The summed E-state index contributed by atoms with van der Waals surface area (Å²) >= 11 is 0. The van der Waals surface area contributed by atoms with Crippen LogP contribution in [0.15, 0.2) is 70.6 Å². The fraction of sp³-hybridized carbons (Fsp3) is 0.240. The molecule has 0 aliphatic carbocycles. The Kier molecular flexibility index (Phi) is 7.02. The van der Waals surface area contributed by atoms with Crippen LogP contribution >= 0.6 is 0 Å². The van der Waals surface area contributed by atoms with Crippen LogP contribution in [0.25, 0.3) is 5.69 Å². The molecule has 10 heteroatoms. The van der Waals surface area contributed by atoms with Crippen molar-refractivity contribution in [3.05, 3.63) is 77.6 Å². The summed E-state index contributed by atoms with van der Waals surface area (Å²) in [5.74, 6) is -0.792. The summed E-state index contributed by atoms with van der Waals surface area (Å²) in [6.07, 6.45) is 1.39. The number of hydrogen-bond acceptors (Lipinski definition) is 6. The lowest BCUT2D eigenvalue weighted by Crippen LogP contribution is -2.29. The van der Waals surface area contributed by atoms with Crippen LogP contribution in [0.2, 0.25) is 0 Å². The average molecular weight is 495 g/mol. The summed E-state index contributed by atoms with van der Waals surface area (Å²) in [5.41, 5.74) is 3.66. The molecule has 1 aliphatic rings. The predicted molar refractivity (Wildman–Crippen MR) is 132 cm³/mol. The highest BCUT2D eigenvalue weighted by molar-refractivity contribution is 7.90. The van der Waals surface area contributed by atoms with Crippen molar-refractivity contribution in [3.63, 3.8) is 0 Å². The Morgan fingerprint density at radius 3 is 2.40 bits per heavy atom. The molecule has 35 heavy (non-hydrogen) atoms. The van der Waals surface area contributed by atoms with Gasteiger partial charge in [0.1, 0.15) is 5.84 Å². The molecule has 2 N–H and O–H groups in total. The molecule has 9 nitrogen and oxygen atoms in total. The number of ether oxygens (including phenoxy) is 1. The zero-order valence-corrected chi connectivity index (χ0v) is 20.3. The van der Waals surface area contributed by atoms with Crippen molar-refractivity contribution in [2.24, 2.45) is 4.99 Å². The molecule has 1 amide bonds. The monoisotopic (exact) mass is 494 g/mol. The van der Waals surface area contributed by atoms with E-state index in [2.05, 4.69) is 19.6 Å². The van der Waals surface area contributed by atoms with Gasteiger partial charge in [-0.25, -0.2) is 13.2 Å². The first-order chi connectivity index (χ1) is 16.7. The first-order valence-corrected chi connectivity index (χ1v) is 12.6. The summed E-state index contributed by atoms with van der Waals surface area (Å²) in [6.45, 7) is 4.09. The van der Waals surface area contributed by atoms with E-state index < -0.39 is 28.5 Å². The fourth-order valence-electron chi connectivity index (χ4n) is 3.81. The number of benzene rings is 2. The van der Waals surface area contributed by atoms with Gasteiger partial charge in [0.25, 0.3) is 15.9 Å². The molecule has 182 valence electrons. The van der Waals surface area contributed by atoms with Crippen molar-refractivity contribution in [2.75, 3.05) is 18.5 Å². The molecule has 3 aromatic rings. The molecule has 0 spiro atoms. The summed E-state index contributed by atoms with van der Waals surface area (Å²) in [5, 5.41) is 2.55. The van der Waals surface area contributed by atoms with E-state index in [0.717, 1.165) is 23.5 Å². The van der Waals surface area contributed by atoms with Gasteiger partial charge in [0.15, 0.2) is 6.61 Å². The Morgan fingerprint density at radius 1 is 1.03 bits per heavy atom. The molecule has 0 unspecified atom stereocenters. The van der Waals surface area contributed by atoms with Crippen LogP contribution in [-0.4, -0.2) is 43.8 Å². The second kappa shape index (κ2) is 10.1. The number of amidine groups is 1. The lowest BCUT2D eigenvalue weighted by Gasteiger charge is -2.11. The van der Waals surface area contributed by atoms with Gasteiger partial charge in [-0.1, -0.05) is 6.07 Å². The normalized spacial score (nSPS) is 13.3. The number of nitrogens with one attached hydrogen (secondary N) is 2. The molecule has 4 rings (SSSR count). The number of anilines is 1. The van der Waals surface area contributed by atoms with Crippen LogP contribution in [0, 0.1) is 13.8 Å². The van der Waals surface area contributed by atoms with Gasteiger partial charge >= 0.3 is 5.97 Å². The van der Waals surface area contributed by atoms with Gasteiger partial charge in [-0.3, -0.25) is 14.5 Å². The Hall–Kier alpha value is -3.92. The maximum absolute atomic E-state index is 12.6. The van der Waals surface area contributed by atoms with E-state index >= 15 is 0 Å². The maximum Gasteiger partial charge on any atom is 0.338 e. The molecule has 0 fully saturated rings. The van der Waals surface area contributed by atoms with E-state index in [1.54, 1.807) is 18.2 Å². The molecule has 2 aromatic carbocycles. The minimum absolute atomic E-state index is 0.00449. The molecule has 0 saturated heterocycles. The molecule has 0 radical (unpaired) electrons. The van der Waals surface area contributed by atoms with Crippen LogP contribution in [0.4, 0.5) is 5.69 Å². The molecule has 1 aliphatic heterocycles. The SMILES string of the molecule is Cc1ccc(C)n1-c1ccc(C(=O)OCC(=O)Nc2cccc(S(=O)(=O)NC3=NCCC3)c2)cc1. The topological polar surface area (TPSA) is 119 Å². The smallest absolute Gasteiger partial charge is 0.338 e. The van der Waals surface area contributed by atoms with Crippen LogP contribution < -0.4 is 10.0 Å². The minimum atomic E-state index is -3.81. The zero-order valence-electron chi connectivity index (χ0n) is 19.4. The Labute approximate surface area is 203 Å². The number of hydrogen-bond donors (Lipinski definition) is 2. The van der Waals surface area contributed by atoms with Crippen molar-refractivity contribution in [1.29, 1.82) is 0 Å². The number of aliphatic imine (C=N–C) groups is 1. The number of esters is 1. The third-order valence-electron chi connectivity index (χ3n) is 5.52. The lowest BCUT2D eigenvalue weighted by molar-refractivity contribution is -0.119. The number of aromatic nitrogens is 1. The van der Waals surface area contributed by atoms with Crippen molar-refractivity contribution in [2.45, 2.75) is 31.6 Å². The molecule has 0 atom stereocenters. The van der Waals surface area contributed by atoms with Crippen molar-refractivity contribution in [3.8, 4) is 5.69 Å². The highest BCUT2D eigenvalue weighted by atomic mass is 32.2. The second-order valence-corrected chi connectivity index (χ2v) is 9.87. The van der Waals surface area contributed by atoms with E-state index in [9.17, 15) is 18.0 Å². The van der Waals surface area contributed by atoms with Gasteiger partial charge in [-0.2, -0.15) is 0 Å². The van der Waals surface area contributed by atoms with Gasteiger partial charge in [-0.05, 0) is 74.9 Å². The van der Waals surface area contributed by atoms with Crippen LogP contribution in [0.3, 0.4) is 0 Å². The molecule has 0 saturated carbocycles. The number of carbonyl (C=O) groups is 2. The van der Waals surface area contributed by atoms with E-state index in [0.29, 0.717) is 24.4 Å². The molecule has 1 aromatic heterocycles. The van der Waals surface area contributed by atoms with Crippen LogP contribution in [0.5, 0.6) is 0 Å². The average Bonchev–Trinajstić information content (AvgIpc) is 3.46. The summed E-state index contributed by atoms with van der Waals surface area (Å²) in [4.78, 5) is 28.8. The first kappa shape index (κ1) is 24.2. The number of sulfonamides is 1. The van der Waals surface area contributed by atoms with Crippen molar-refractivity contribution < 1.29 is 22.7 Å². The van der Waals surface area contributed by atoms with Crippen LogP contribution in [0.1, 0.15) is 34.6 Å². The maximum atomic E-state index is 12.6. The molecular weight excluding hydrogens is 468 g/mol. The van der Waals surface area contributed by atoms with Crippen molar-refractivity contribution in [1.82, 2.24) is 9.29 Å². The van der Waals surface area contributed by atoms with Gasteiger partial charge in [0.2, 0.25) is 0 Å². The highest BCUT2D eigenvalue weighted by Gasteiger charge is 2.19. The number of rotatable bonds is 7. The predicted octanol–water partition coefficient (Wildman–Crippen LogP) is 3.36. The number of aryl methyl sites for hydroxylation is 2.